The van der Waals surface area contributed by atoms with Gasteiger partial charge in [0.05, 0.1) is 6.26 Å². The van der Waals surface area contributed by atoms with Crippen molar-refractivity contribution in [1.29, 1.82) is 0 Å². The first-order valence-corrected chi connectivity index (χ1v) is 7.55. The highest BCUT2D eigenvalue weighted by atomic mass is 16.3. The summed E-state index contributed by atoms with van der Waals surface area (Å²) in [5.41, 5.74) is 4.00. The van der Waals surface area contributed by atoms with Crippen molar-refractivity contribution in [3.05, 3.63) is 59.0 Å². The number of aryl methyl sites for hydroxylation is 1. The predicted octanol–water partition coefficient (Wildman–Crippen LogP) is 3.54. The maximum absolute atomic E-state index is 5.35. The third kappa shape index (κ3) is 4.45. The summed E-state index contributed by atoms with van der Waals surface area (Å²) in [6.45, 7) is 7.14. The number of hydrogen-bond donors (Lipinski definition) is 1. The van der Waals surface area contributed by atoms with Crippen LogP contribution >= 0.6 is 0 Å². The number of nitrogens with one attached hydrogen (secondary N) is 1. The van der Waals surface area contributed by atoms with Gasteiger partial charge in [0.25, 0.3) is 0 Å². The van der Waals surface area contributed by atoms with Gasteiger partial charge in [-0.2, -0.15) is 0 Å². The molecule has 0 radical (unpaired) electrons. The van der Waals surface area contributed by atoms with Crippen molar-refractivity contribution in [3.63, 3.8) is 0 Å². The highest BCUT2D eigenvalue weighted by Gasteiger charge is 2.07. The Hall–Kier alpha value is -1.58. The first kappa shape index (κ1) is 15.8. The fraction of sp³-hybridized carbons (Fsp3) is 0.444. The molecule has 1 N–H and O–H groups in total. The van der Waals surface area contributed by atoms with Gasteiger partial charge in [-0.1, -0.05) is 31.2 Å². The zero-order valence-electron chi connectivity index (χ0n) is 13.5. The molecule has 3 heteroatoms. The predicted molar refractivity (Wildman–Crippen MR) is 87.4 cm³/mol. The molecule has 1 unspecified atom stereocenters. The molecule has 2 aromatic rings. The maximum atomic E-state index is 5.35. The van der Waals surface area contributed by atoms with Crippen LogP contribution in [0.15, 0.2) is 41.0 Å². The Kier molecular flexibility index (Phi) is 5.59. The third-order valence-electron chi connectivity index (χ3n) is 3.92. The van der Waals surface area contributed by atoms with E-state index in [1.165, 1.54) is 16.7 Å². The van der Waals surface area contributed by atoms with Crippen molar-refractivity contribution in [2.24, 2.45) is 0 Å². The second-order valence-electron chi connectivity index (χ2n) is 5.87. The topological polar surface area (TPSA) is 28.4 Å². The minimum atomic E-state index is 0.551. The summed E-state index contributed by atoms with van der Waals surface area (Å²) in [5, 5.41) is 3.23. The summed E-state index contributed by atoms with van der Waals surface area (Å²) >= 11 is 0. The summed E-state index contributed by atoms with van der Waals surface area (Å²) < 4.78 is 5.35. The largest absolute Gasteiger partial charge is 0.469 e. The van der Waals surface area contributed by atoms with Crippen LogP contribution in [-0.4, -0.2) is 25.5 Å². The Morgan fingerprint density at radius 2 is 1.86 bits per heavy atom. The van der Waals surface area contributed by atoms with E-state index in [2.05, 4.69) is 48.5 Å². The molecule has 0 spiro atoms. The van der Waals surface area contributed by atoms with Gasteiger partial charge in [-0.15, -0.1) is 0 Å². The number of furan rings is 1. The van der Waals surface area contributed by atoms with Crippen molar-refractivity contribution in [2.45, 2.75) is 32.9 Å². The van der Waals surface area contributed by atoms with Gasteiger partial charge in [0.1, 0.15) is 5.76 Å². The van der Waals surface area contributed by atoms with Crippen molar-refractivity contribution in [1.82, 2.24) is 10.2 Å². The normalized spacial score (nSPS) is 12.8. The van der Waals surface area contributed by atoms with Crippen LogP contribution in [0.5, 0.6) is 0 Å². The zero-order valence-corrected chi connectivity index (χ0v) is 13.5. The monoisotopic (exact) mass is 286 g/mol. The lowest BCUT2D eigenvalue weighted by atomic mass is 10.00. The Balaban J connectivity index is 1.92. The van der Waals surface area contributed by atoms with E-state index in [1.54, 1.807) is 6.26 Å². The van der Waals surface area contributed by atoms with Gasteiger partial charge < -0.3 is 9.73 Å². The van der Waals surface area contributed by atoms with Gasteiger partial charge >= 0.3 is 0 Å². The van der Waals surface area contributed by atoms with Crippen LogP contribution in [-0.2, 0) is 13.1 Å². The lowest BCUT2D eigenvalue weighted by Gasteiger charge is -2.17. The number of benzene rings is 1. The minimum Gasteiger partial charge on any atom is -0.469 e. The molecule has 2 rings (SSSR count). The number of hydrogen-bond acceptors (Lipinski definition) is 3. The Labute approximate surface area is 128 Å². The second kappa shape index (κ2) is 7.43. The van der Waals surface area contributed by atoms with E-state index in [-0.39, 0.29) is 0 Å². The average Bonchev–Trinajstić information content (AvgIpc) is 2.85. The molecule has 0 amide bonds. The van der Waals surface area contributed by atoms with E-state index in [9.17, 15) is 0 Å². The van der Waals surface area contributed by atoms with Gasteiger partial charge in [-0.3, -0.25) is 4.90 Å². The standard InChI is InChI=1S/C18H26N2O/c1-14(11-19-3)17-7-5-16(6-8-17)12-20(4)13-18-9-10-21-15(18)2/h5-10,14,19H,11-13H2,1-4H3. The van der Waals surface area contributed by atoms with Gasteiger partial charge in [-0.05, 0) is 44.1 Å². The summed E-state index contributed by atoms with van der Waals surface area (Å²) in [7, 11) is 4.14. The van der Waals surface area contributed by atoms with E-state index in [1.807, 2.05) is 20.0 Å². The molecule has 0 saturated carbocycles. The molecule has 1 aromatic carbocycles. The van der Waals surface area contributed by atoms with Gasteiger partial charge in [0.2, 0.25) is 0 Å². The molecule has 114 valence electrons. The van der Waals surface area contributed by atoms with Gasteiger partial charge in [0, 0.05) is 25.2 Å². The first-order chi connectivity index (χ1) is 10.1. The Morgan fingerprint density at radius 3 is 2.43 bits per heavy atom. The molecular formula is C18H26N2O. The molecule has 0 bridgehead atoms. The van der Waals surface area contributed by atoms with Crippen LogP contribution in [0.3, 0.4) is 0 Å². The maximum Gasteiger partial charge on any atom is 0.105 e. The van der Waals surface area contributed by atoms with E-state index in [4.69, 9.17) is 4.42 Å². The van der Waals surface area contributed by atoms with Crippen LogP contribution in [0.2, 0.25) is 0 Å². The highest BCUT2D eigenvalue weighted by Crippen LogP contribution is 2.17. The lowest BCUT2D eigenvalue weighted by Crippen LogP contribution is -2.17. The molecular weight excluding hydrogens is 260 g/mol. The summed E-state index contributed by atoms with van der Waals surface area (Å²) in [5.74, 6) is 1.56. The zero-order chi connectivity index (χ0) is 15.2. The molecule has 1 atom stereocenters. The van der Waals surface area contributed by atoms with Crippen molar-refractivity contribution in [3.8, 4) is 0 Å². The third-order valence-corrected chi connectivity index (χ3v) is 3.92. The van der Waals surface area contributed by atoms with Crippen LogP contribution in [0.1, 0.15) is 35.3 Å². The van der Waals surface area contributed by atoms with Crippen LogP contribution in [0, 0.1) is 6.92 Å². The molecule has 0 aliphatic heterocycles. The number of nitrogens with zero attached hydrogens (tertiary/aromatic N) is 1. The lowest BCUT2D eigenvalue weighted by molar-refractivity contribution is 0.316. The van der Waals surface area contributed by atoms with Crippen molar-refractivity contribution < 1.29 is 4.42 Å². The summed E-state index contributed by atoms with van der Waals surface area (Å²) in [6, 6.07) is 11.0. The molecule has 1 aromatic heterocycles. The fourth-order valence-electron chi connectivity index (χ4n) is 2.61. The molecule has 21 heavy (non-hydrogen) atoms. The Morgan fingerprint density at radius 1 is 1.14 bits per heavy atom. The van der Waals surface area contributed by atoms with Crippen LogP contribution < -0.4 is 5.32 Å². The number of rotatable bonds is 7. The van der Waals surface area contributed by atoms with Gasteiger partial charge in [-0.25, -0.2) is 0 Å². The molecule has 0 aliphatic carbocycles. The molecule has 1 heterocycles. The van der Waals surface area contributed by atoms with Crippen molar-refractivity contribution in [2.75, 3.05) is 20.6 Å². The second-order valence-corrected chi connectivity index (χ2v) is 5.87. The Bertz CT molecular complexity index is 545. The van der Waals surface area contributed by atoms with Crippen LogP contribution in [0.25, 0.3) is 0 Å². The molecule has 3 nitrogen and oxygen atoms in total. The summed E-state index contributed by atoms with van der Waals surface area (Å²) in [6.07, 6.45) is 1.76. The van der Waals surface area contributed by atoms with Crippen LogP contribution in [0.4, 0.5) is 0 Å². The smallest absolute Gasteiger partial charge is 0.105 e. The average molecular weight is 286 g/mol. The van der Waals surface area contributed by atoms with Crippen molar-refractivity contribution >= 4 is 0 Å². The fourth-order valence-corrected chi connectivity index (χ4v) is 2.61. The quantitative estimate of drug-likeness (QED) is 0.844. The van der Waals surface area contributed by atoms with E-state index in [0.29, 0.717) is 5.92 Å². The van der Waals surface area contributed by atoms with E-state index >= 15 is 0 Å². The molecule has 0 aliphatic rings. The van der Waals surface area contributed by atoms with E-state index in [0.717, 1.165) is 25.4 Å². The SMILES string of the molecule is CNCC(C)c1ccc(CN(C)Cc2ccoc2C)cc1. The minimum absolute atomic E-state index is 0.551. The number of likely N-dealkylation sites (N-methyl/N-ethyl adjacent to an activating group) is 1. The first-order valence-electron chi connectivity index (χ1n) is 7.55. The van der Waals surface area contributed by atoms with E-state index < -0.39 is 0 Å². The molecule has 0 saturated heterocycles. The highest BCUT2D eigenvalue weighted by molar-refractivity contribution is 5.25. The summed E-state index contributed by atoms with van der Waals surface area (Å²) in [4.78, 5) is 2.31. The molecule has 0 fully saturated rings. The van der Waals surface area contributed by atoms with Gasteiger partial charge in [0.15, 0.2) is 0 Å².